The lowest BCUT2D eigenvalue weighted by molar-refractivity contribution is -0.116. The monoisotopic (exact) mass is 380 g/mol. The first-order valence-corrected chi connectivity index (χ1v) is 9.86. The predicted octanol–water partition coefficient (Wildman–Crippen LogP) is 4.89. The van der Waals surface area contributed by atoms with E-state index in [0.717, 1.165) is 5.69 Å². The lowest BCUT2D eigenvalue weighted by atomic mass is 9.87. The van der Waals surface area contributed by atoms with Gasteiger partial charge in [0.2, 0.25) is 5.91 Å². The van der Waals surface area contributed by atoms with Gasteiger partial charge in [0.25, 0.3) is 5.91 Å². The van der Waals surface area contributed by atoms with Crippen LogP contribution in [-0.2, 0) is 10.2 Å². The van der Waals surface area contributed by atoms with Crippen LogP contribution in [0.2, 0.25) is 0 Å². The Kier molecular flexibility index (Phi) is 7.00. The first-order chi connectivity index (χ1) is 13.1. The highest BCUT2D eigenvalue weighted by Crippen LogP contribution is 2.22. The molecule has 1 N–H and O–H groups in total. The van der Waals surface area contributed by atoms with Crippen LogP contribution in [0.4, 0.5) is 5.69 Å². The van der Waals surface area contributed by atoms with Crippen LogP contribution >= 0.6 is 0 Å². The Morgan fingerprint density at radius 3 is 2.00 bits per heavy atom. The Balaban J connectivity index is 1.97. The SMILES string of the molecule is CC(=O)N(CCNC(=O)c1ccc(C(C)(C)C)cc1)c1ccc(C(C)C)cc1. The van der Waals surface area contributed by atoms with Gasteiger partial charge in [-0.1, -0.05) is 58.9 Å². The summed E-state index contributed by atoms with van der Waals surface area (Å²) < 4.78 is 0. The molecule has 2 aromatic carbocycles. The number of carbonyl (C=O) groups excluding carboxylic acids is 2. The summed E-state index contributed by atoms with van der Waals surface area (Å²) in [5.41, 5.74) is 3.96. The summed E-state index contributed by atoms with van der Waals surface area (Å²) in [4.78, 5) is 26.1. The van der Waals surface area contributed by atoms with E-state index in [1.165, 1.54) is 11.1 Å². The molecule has 0 radical (unpaired) electrons. The van der Waals surface area contributed by atoms with Gasteiger partial charge in [-0.15, -0.1) is 0 Å². The second kappa shape index (κ2) is 9.05. The molecule has 0 aliphatic carbocycles. The van der Waals surface area contributed by atoms with Crippen molar-refractivity contribution in [2.24, 2.45) is 0 Å². The number of rotatable bonds is 6. The zero-order valence-corrected chi connectivity index (χ0v) is 17.9. The molecule has 2 amide bonds. The quantitative estimate of drug-likeness (QED) is 0.776. The highest BCUT2D eigenvalue weighted by Gasteiger charge is 2.15. The number of amides is 2. The van der Waals surface area contributed by atoms with E-state index < -0.39 is 0 Å². The average Bonchev–Trinajstić information content (AvgIpc) is 2.64. The third-order valence-corrected chi connectivity index (χ3v) is 4.89. The molecule has 150 valence electrons. The van der Waals surface area contributed by atoms with Gasteiger partial charge in [-0.2, -0.15) is 0 Å². The van der Waals surface area contributed by atoms with Gasteiger partial charge in [-0.3, -0.25) is 9.59 Å². The van der Waals surface area contributed by atoms with Gasteiger partial charge in [0.15, 0.2) is 0 Å². The van der Waals surface area contributed by atoms with Crippen LogP contribution in [0.3, 0.4) is 0 Å². The summed E-state index contributed by atoms with van der Waals surface area (Å²) in [6, 6.07) is 15.7. The molecule has 4 nitrogen and oxygen atoms in total. The molecule has 28 heavy (non-hydrogen) atoms. The fourth-order valence-electron chi connectivity index (χ4n) is 3.01. The highest BCUT2D eigenvalue weighted by atomic mass is 16.2. The number of nitrogens with one attached hydrogen (secondary N) is 1. The van der Waals surface area contributed by atoms with Crippen molar-refractivity contribution in [3.8, 4) is 0 Å². The molecule has 0 aromatic heterocycles. The highest BCUT2D eigenvalue weighted by molar-refractivity contribution is 5.94. The van der Waals surface area contributed by atoms with Crippen LogP contribution < -0.4 is 10.2 Å². The van der Waals surface area contributed by atoms with Gasteiger partial charge >= 0.3 is 0 Å². The summed E-state index contributed by atoms with van der Waals surface area (Å²) in [5, 5.41) is 2.91. The number of carbonyl (C=O) groups is 2. The Hall–Kier alpha value is -2.62. The maximum atomic E-state index is 12.4. The number of benzene rings is 2. The minimum absolute atomic E-state index is 0.0407. The van der Waals surface area contributed by atoms with Crippen molar-refractivity contribution in [1.82, 2.24) is 5.32 Å². The molecular formula is C24H32N2O2. The van der Waals surface area contributed by atoms with Crippen molar-refractivity contribution in [1.29, 1.82) is 0 Å². The molecule has 2 aromatic rings. The summed E-state index contributed by atoms with van der Waals surface area (Å²) in [6.45, 7) is 13.1. The Labute approximate surface area is 169 Å². The number of anilines is 1. The summed E-state index contributed by atoms with van der Waals surface area (Å²) >= 11 is 0. The lowest BCUT2D eigenvalue weighted by Crippen LogP contribution is -2.37. The molecule has 2 rings (SSSR count). The van der Waals surface area contributed by atoms with E-state index >= 15 is 0 Å². The molecule has 0 aliphatic heterocycles. The molecule has 0 unspecified atom stereocenters. The van der Waals surface area contributed by atoms with E-state index in [-0.39, 0.29) is 17.2 Å². The van der Waals surface area contributed by atoms with Crippen LogP contribution in [-0.4, -0.2) is 24.9 Å². The fourth-order valence-corrected chi connectivity index (χ4v) is 3.01. The number of hydrogen-bond donors (Lipinski definition) is 1. The van der Waals surface area contributed by atoms with Crippen LogP contribution in [0, 0.1) is 0 Å². The molecule has 4 heteroatoms. The third kappa shape index (κ3) is 5.69. The van der Waals surface area contributed by atoms with Gasteiger partial charge in [0, 0.05) is 31.3 Å². The van der Waals surface area contributed by atoms with E-state index in [9.17, 15) is 9.59 Å². The minimum atomic E-state index is -0.126. The molecule has 0 spiro atoms. The molecule has 0 atom stereocenters. The molecule has 0 saturated carbocycles. The smallest absolute Gasteiger partial charge is 0.251 e. The number of hydrogen-bond acceptors (Lipinski definition) is 2. The van der Waals surface area contributed by atoms with Crippen LogP contribution in [0.15, 0.2) is 48.5 Å². The topological polar surface area (TPSA) is 49.4 Å². The average molecular weight is 381 g/mol. The van der Waals surface area contributed by atoms with Crippen LogP contribution in [0.1, 0.15) is 68.9 Å². The Morgan fingerprint density at radius 1 is 0.964 bits per heavy atom. The van der Waals surface area contributed by atoms with Gasteiger partial charge in [0.05, 0.1) is 0 Å². The van der Waals surface area contributed by atoms with Gasteiger partial charge in [0.1, 0.15) is 0 Å². The summed E-state index contributed by atoms with van der Waals surface area (Å²) in [6.07, 6.45) is 0. The predicted molar refractivity (Wildman–Crippen MR) is 116 cm³/mol. The maximum Gasteiger partial charge on any atom is 0.251 e. The van der Waals surface area contributed by atoms with Gasteiger partial charge in [-0.05, 0) is 46.7 Å². The molecule has 0 bridgehead atoms. The second-order valence-corrected chi connectivity index (χ2v) is 8.50. The zero-order valence-electron chi connectivity index (χ0n) is 17.9. The van der Waals surface area contributed by atoms with Crippen molar-refractivity contribution < 1.29 is 9.59 Å². The molecule has 0 aliphatic rings. The van der Waals surface area contributed by atoms with E-state index in [0.29, 0.717) is 24.6 Å². The van der Waals surface area contributed by atoms with E-state index in [2.05, 4.69) is 39.9 Å². The largest absolute Gasteiger partial charge is 0.350 e. The first-order valence-electron chi connectivity index (χ1n) is 9.86. The van der Waals surface area contributed by atoms with Crippen molar-refractivity contribution in [3.05, 3.63) is 65.2 Å². The second-order valence-electron chi connectivity index (χ2n) is 8.50. The van der Waals surface area contributed by atoms with Gasteiger partial charge < -0.3 is 10.2 Å². The maximum absolute atomic E-state index is 12.4. The van der Waals surface area contributed by atoms with Crippen molar-refractivity contribution in [2.75, 3.05) is 18.0 Å². The molecular weight excluding hydrogens is 348 g/mol. The first kappa shape index (κ1) is 21.7. The van der Waals surface area contributed by atoms with E-state index in [1.54, 1.807) is 11.8 Å². The van der Waals surface area contributed by atoms with E-state index in [1.807, 2.05) is 48.5 Å². The van der Waals surface area contributed by atoms with E-state index in [4.69, 9.17) is 0 Å². The lowest BCUT2D eigenvalue weighted by Gasteiger charge is -2.22. The van der Waals surface area contributed by atoms with Crippen LogP contribution in [0.25, 0.3) is 0 Å². The normalized spacial score (nSPS) is 11.4. The van der Waals surface area contributed by atoms with Crippen molar-refractivity contribution >= 4 is 17.5 Å². The Morgan fingerprint density at radius 2 is 1.54 bits per heavy atom. The summed E-state index contributed by atoms with van der Waals surface area (Å²) in [7, 11) is 0. The summed E-state index contributed by atoms with van der Waals surface area (Å²) in [5.74, 6) is 0.281. The molecule has 0 fully saturated rings. The number of nitrogens with zero attached hydrogens (tertiary/aromatic N) is 1. The third-order valence-electron chi connectivity index (χ3n) is 4.89. The van der Waals surface area contributed by atoms with Gasteiger partial charge in [-0.25, -0.2) is 0 Å². The zero-order chi connectivity index (χ0) is 20.9. The fraction of sp³-hybridized carbons (Fsp3) is 0.417. The molecule has 0 heterocycles. The minimum Gasteiger partial charge on any atom is -0.350 e. The standard InChI is InChI=1S/C24H32N2O2/c1-17(2)19-9-13-22(14-10-19)26(18(3)27)16-15-25-23(28)20-7-11-21(12-8-20)24(4,5)6/h7-14,17H,15-16H2,1-6H3,(H,25,28). The Bertz CT molecular complexity index is 800. The molecule has 0 saturated heterocycles. The van der Waals surface area contributed by atoms with Crippen LogP contribution in [0.5, 0.6) is 0 Å². The van der Waals surface area contributed by atoms with Crippen molar-refractivity contribution in [2.45, 2.75) is 52.9 Å². The van der Waals surface area contributed by atoms with Crippen molar-refractivity contribution in [3.63, 3.8) is 0 Å².